The van der Waals surface area contributed by atoms with Crippen LogP contribution >= 0.6 is 0 Å². The van der Waals surface area contributed by atoms with Gasteiger partial charge in [0.05, 0.1) is 0 Å². The van der Waals surface area contributed by atoms with Gasteiger partial charge in [-0.05, 0) is 0 Å². The molecule has 0 amide bonds. The lowest BCUT2D eigenvalue weighted by molar-refractivity contribution is -0.123. The molecule has 20 nitrogen and oxygen atoms in total. The first kappa shape index (κ1) is 111. The maximum atomic E-state index is 8.36. The van der Waals surface area contributed by atoms with E-state index in [4.69, 9.17) is 69.3 Å². The molecule has 174 valence electrons. The van der Waals surface area contributed by atoms with Crippen molar-refractivity contribution in [3.8, 4) is 0 Å². The molecule has 0 rings (SSSR count). The van der Waals surface area contributed by atoms with Crippen molar-refractivity contribution in [1.29, 1.82) is 0 Å². The van der Waals surface area contributed by atoms with Crippen LogP contribution in [0.4, 0.5) is 0 Å². The van der Waals surface area contributed by atoms with E-state index in [9.17, 15) is 0 Å². The zero-order chi connectivity index (χ0) is 18.9. The average Bonchev–Trinajstić information content (AvgIpc) is 2.35. The van der Waals surface area contributed by atoms with Crippen molar-refractivity contribution in [3.05, 3.63) is 0 Å². The fourth-order valence-corrected chi connectivity index (χ4v) is 0. The second-order valence-electron chi connectivity index (χ2n) is 0.738. The molecule has 0 bridgehead atoms. The lowest BCUT2D eigenvalue weighted by Crippen LogP contribution is -1.49. The predicted molar refractivity (Wildman–Crippen MR) is 91.0 cm³/mol. The summed E-state index contributed by atoms with van der Waals surface area (Å²) in [5.74, 6) is 0. The van der Waals surface area contributed by atoms with Gasteiger partial charge in [-0.1, -0.05) is 0 Å². The molecule has 27 heavy (non-hydrogen) atoms. The Balaban J connectivity index is -0.00000000742. The second kappa shape index (κ2) is 1050. The van der Waals surface area contributed by atoms with Gasteiger partial charge in [0, 0.05) is 0 Å². The van der Waals surface area contributed by atoms with Crippen LogP contribution in [0.3, 0.4) is 0 Å². The molecule has 0 aromatic carbocycles. The molecule has 0 heterocycles. The van der Waals surface area contributed by atoms with Gasteiger partial charge in [-0.3, -0.25) is 33.6 Å². The smallest absolute Gasteiger partial charge is 0.290 e. The summed E-state index contributed by atoms with van der Waals surface area (Å²) >= 11 is 0. The largest absolute Gasteiger partial charge is 0.483 e. The van der Waals surface area contributed by atoms with Crippen molar-refractivity contribution >= 4 is 45.3 Å². The standard InChI is InChI=1S/7CH2O2.6H3N/c7*2-1-3;;;;;;/h7*1H,(H,2,3);6*1H3. The van der Waals surface area contributed by atoms with E-state index in [1.54, 1.807) is 0 Å². The first-order valence-corrected chi connectivity index (χ1v) is 3.46. The van der Waals surface area contributed by atoms with Crippen molar-refractivity contribution in [2.75, 3.05) is 0 Å². The van der Waals surface area contributed by atoms with Gasteiger partial charge in [-0.15, -0.1) is 0 Å². The molecule has 0 fully saturated rings. The summed E-state index contributed by atoms with van der Waals surface area (Å²) in [7, 11) is 0. The van der Waals surface area contributed by atoms with Crippen LogP contribution in [0.5, 0.6) is 0 Å². The summed E-state index contributed by atoms with van der Waals surface area (Å²) < 4.78 is 0. The molecular weight excluding hydrogens is 392 g/mol. The van der Waals surface area contributed by atoms with Crippen LogP contribution in [-0.2, 0) is 33.6 Å². The number of hydrogen-bond acceptors (Lipinski definition) is 13. The summed E-state index contributed by atoms with van der Waals surface area (Å²) in [5.41, 5.74) is 0. The number of carbonyl (C=O) groups is 7. The minimum Gasteiger partial charge on any atom is -0.483 e. The third kappa shape index (κ3) is 568. The normalized spacial score (nSPS) is 3.11. The van der Waals surface area contributed by atoms with Crippen LogP contribution < -0.4 is 36.9 Å². The first-order valence-electron chi connectivity index (χ1n) is 3.46. The fraction of sp³-hybridized carbons (Fsp3) is 0. The van der Waals surface area contributed by atoms with E-state index in [0.29, 0.717) is 0 Å². The van der Waals surface area contributed by atoms with Crippen molar-refractivity contribution in [2.45, 2.75) is 0 Å². The highest BCUT2D eigenvalue weighted by molar-refractivity contribution is 5.33. The van der Waals surface area contributed by atoms with Crippen LogP contribution in [0.2, 0.25) is 0 Å². The number of hydrogen-bond donors (Lipinski definition) is 13. The van der Waals surface area contributed by atoms with Gasteiger partial charge in [0.1, 0.15) is 0 Å². The minimum atomic E-state index is -0.250. The van der Waals surface area contributed by atoms with Gasteiger partial charge in [0.25, 0.3) is 45.3 Å². The van der Waals surface area contributed by atoms with Gasteiger partial charge in [0.15, 0.2) is 0 Å². The molecule has 0 aliphatic rings. The summed E-state index contributed by atoms with van der Waals surface area (Å²) in [5, 5.41) is 48.2. The van der Waals surface area contributed by atoms with Crippen LogP contribution in [0.15, 0.2) is 0 Å². The quantitative estimate of drug-likeness (QED) is 0.204. The topological polar surface area (TPSA) is 471 Å². The van der Waals surface area contributed by atoms with Gasteiger partial charge in [-0.25, -0.2) is 0 Å². The summed E-state index contributed by atoms with van der Waals surface area (Å²) in [6, 6.07) is 0. The zero-order valence-corrected chi connectivity index (χ0v) is 14.3. The van der Waals surface area contributed by atoms with Gasteiger partial charge in [0.2, 0.25) is 0 Å². The Morgan fingerprint density at radius 1 is 0.259 bits per heavy atom. The number of rotatable bonds is 0. The molecule has 0 unspecified atom stereocenters. The molecule has 20 heteroatoms. The lowest BCUT2D eigenvalue weighted by atomic mass is 11.7. The Kier molecular flexibility index (Phi) is 4320. The van der Waals surface area contributed by atoms with Crippen molar-refractivity contribution in [1.82, 2.24) is 36.9 Å². The van der Waals surface area contributed by atoms with E-state index < -0.39 is 0 Å². The third-order valence-electron chi connectivity index (χ3n) is 0. The molecule has 25 N–H and O–H groups in total. The van der Waals surface area contributed by atoms with Crippen LogP contribution in [0.25, 0.3) is 0 Å². The Labute approximate surface area is 152 Å². The van der Waals surface area contributed by atoms with Crippen molar-refractivity contribution in [2.24, 2.45) is 0 Å². The SMILES string of the molecule is N.N.N.N.N.N.O=CO.O=CO.O=CO.O=CO.O=CO.O=CO.O=CO. The highest BCUT2D eigenvalue weighted by atomic mass is 16.4. The Morgan fingerprint density at radius 3 is 0.259 bits per heavy atom. The molecule has 0 spiro atoms. The van der Waals surface area contributed by atoms with E-state index in [1.165, 1.54) is 0 Å². The average molecular weight is 424 g/mol. The zero-order valence-electron chi connectivity index (χ0n) is 14.3. The van der Waals surface area contributed by atoms with E-state index in [1.807, 2.05) is 0 Å². The third-order valence-corrected chi connectivity index (χ3v) is 0. The molecule has 0 aliphatic heterocycles. The molecule has 0 atom stereocenters. The second-order valence-corrected chi connectivity index (χ2v) is 0.738. The van der Waals surface area contributed by atoms with Crippen molar-refractivity contribution < 1.29 is 69.3 Å². The lowest BCUT2D eigenvalue weighted by Gasteiger charge is -1.34. The fourth-order valence-electron chi connectivity index (χ4n) is 0. The molecule has 0 radical (unpaired) electrons. The highest BCUT2D eigenvalue weighted by Gasteiger charge is 1.23. The minimum absolute atomic E-state index is 0. The molecule has 0 saturated carbocycles. The molecule has 0 aliphatic carbocycles. The number of carboxylic acid groups (broad SMARTS) is 7. The summed E-state index contributed by atoms with van der Waals surface area (Å²) in [4.78, 5) is 58.5. The van der Waals surface area contributed by atoms with E-state index >= 15 is 0 Å². The van der Waals surface area contributed by atoms with Gasteiger partial charge >= 0.3 is 0 Å². The molecule has 0 aromatic rings. The maximum Gasteiger partial charge on any atom is 0.290 e. The van der Waals surface area contributed by atoms with Crippen LogP contribution in [0.1, 0.15) is 0 Å². The maximum absolute atomic E-state index is 8.36. The molecule has 0 saturated heterocycles. The van der Waals surface area contributed by atoms with Gasteiger partial charge < -0.3 is 72.6 Å². The summed E-state index contributed by atoms with van der Waals surface area (Å²) in [6.45, 7) is -1.75. The van der Waals surface area contributed by atoms with Crippen molar-refractivity contribution in [3.63, 3.8) is 0 Å². The molecular formula is C7H32N6O14. The highest BCUT2D eigenvalue weighted by Crippen LogP contribution is 0.984. The van der Waals surface area contributed by atoms with Gasteiger partial charge in [-0.2, -0.15) is 0 Å². The first-order chi connectivity index (χ1) is 9.90. The Bertz CT molecular complexity index is 151. The Morgan fingerprint density at radius 2 is 0.259 bits per heavy atom. The summed E-state index contributed by atoms with van der Waals surface area (Å²) in [6.07, 6.45) is 0. The Hall–Kier alpha value is -3.95. The predicted octanol–water partition coefficient (Wildman–Crippen LogP) is -1.12. The van der Waals surface area contributed by atoms with E-state index in [-0.39, 0.29) is 82.2 Å². The monoisotopic (exact) mass is 424 g/mol. The van der Waals surface area contributed by atoms with E-state index in [0.717, 1.165) is 0 Å². The van der Waals surface area contributed by atoms with E-state index in [2.05, 4.69) is 0 Å². The van der Waals surface area contributed by atoms with Crippen LogP contribution in [0, 0.1) is 0 Å². The molecule has 0 aromatic heterocycles. The van der Waals surface area contributed by atoms with Crippen LogP contribution in [-0.4, -0.2) is 81.1 Å².